The number of benzene rings is 2. The molecular weight excluding hydrogens is 416 g/mol. The Bertz CT molecular complexity index is 1160. The van der Waals surface area contributed by atoms with E-state index >= 15 is 0 Å². The van der Waals surface area contributed by atoms with Crippen molar-refractivity contribution in [2.75, 3.05) is 50.1 Å². The second-order valence-electron chi connectivity index (χ2n) is 7.70. The number of halogens is 2. The van der Waals surface area contributed by atoms with Gasteiger partial charge in [0, 0.05) is 43.8 Å². The van der Waals surface area contributed by atoms with E-state index in [9.17, 15) is 13.6 Å². The van der Waals surface area contributed by atoms with Crippen molar-refractivity contribution in [1.29, 1.82) is 0 Å². The molecule has 1 fully saturated rings. The molecule has 168 valence electrons. The van der Waals surface area contributed by atoms with Crippen LogP contribution in [0.5, 0.6) is 5.75 Å². The van der Waals surface area contributed by atoms with Crippen LogP contribution in [0.3, 0.4) is 0 Å². The molecule has 0 aliphatic carbocycles. The van der Waals surface area contributed by atoms with Crippen molar-refractivity contribution < 1.29 is 18.3 Å². The zero-order valence-electron chi connectivity index (χ0n) is 18.0. The summed E-state index contributed by atoms with van der Waals surface area (Å²) in [5, 5.41) is 3.43. The van der Waals surface area contributed by atoms with Crippen LogP contribution >= 0.6 is 0 Å². The third-order valence-electron chi connectivity index (χ3n) is 5.57. The summed E-state index contributed by atoms with van der Waals surface area (Å²) in [6, 6.07) is 7.47. The number of nitrogens with one attached hydrogen (secondary N) is 1. The van der Waals surface area contributed by atoms with Gasteiger partial charge in [0.25, 0.3) is 5.91 Å². The summed E-state index contributed by atoms with van der Waals surface area (Å²) in [5.41, 5.74) is 7.20. The van der Waals surface area contributed by atoms with Gasteiger partial charge in [-0.3, -0.25) is 9.78 Å². The van der Waals surface area contributed by atoms with E-state index in [1.165, 1.54) is 18.3 Å². The number of nitrogens with two attached hydrogens (primary N) is 1. The molecule has 0 bridgehead atoms. The van der Waals surface area contributed by atoms with Gasteiger partial charge in [-0.05, 0) is 32.2 Å². The Morgan fingerprint density at radius 3 is 2.66 bits per heavy atom. The minimum absolute atomic E-state index is 0.0784. The Kier molecular flexibility index (Phi) is 6.09. The van der Waals surface area contributed by atoms with Gasteiger partial charge in [0.1, 0.15) is 5.75 Å². The van der Waals surface area contributed by atoms with Gasteiger partial charge in [-0.1, -0.05) is 6.07 Å². The minimum Gasteiger partial charge on any atom is -0.492 e. The number of carbonyl (C=O) groups excluding carboxylic acids is 1. The standard InChI is InChI=1S/C23H25F2N5O2/c1-3-32-20-12-18-14(11-19(20)30-9-7-29(2)8-10-30)22(15(13-27-18)23(26)31)28-17-6-4-5-16(24)21(17)25/h4-6,11-13H,3,7-10H2,1-2H3,(H2,26,31)(H,27,28). The van der Waals surface area contributed by atoms with E-state index in [-0.39, 0.29) is 16.9 Å². The van der Waals surface area contributed by atoms with E-state index in [2.05, 4.69) is 27.1 Å². The molecule has 3 aromatic rings. The minimum atomic E-state index is -1.04. The summed E-state index contributed by atoms with van der Waals surface area (Å²) in [6.07, 6.45) is 1.33. The highest BCUT2D eigenvalue weighted by Gasteiger charge is 2.22. The van der Waals surface area contributed by atoms with E-state index in [1.54, 1.807) is 6.07 Å². The number of rotatable bonds is 6. The lowest BCUT2D eigenvalue weighted by atomic mass is 10.1. The largest absolute Gasteiger partial charge is 0.492 e. The molecular formula is C23H25F2N5O2. The molecule has 1 saturated heterocycles. The number of fused-ring (bicyclic) bond motifs is 1. The first kappa shape index (κ1) is 21.8. The van der Waals surface area contributed by atoms with Crippen molar-refractivity contribution in [3.63, 3.8) is 0 Å². The highest BCUT2D eigenvalue weighted by Crippen LogP contribution is 2.38. The van der Waals surface area contributed by atoms with Crippen LogP contribution in [0.4, 0.5) is 25.8 Å². The number of aromatic nitrogens is 1. The zero-order valence-corrected chi connectivity index (χ0v) is 18.0. The lowest BCUT2D eigenvalue weighted by Crippen LogP contribution is -2.44. The Hall–Kier alpha value is -3.46. The average molecular weight is 441 g/mol. The van der Waals surface area contributed by atoms with Gasteiger partial charge < -0.3 is 25.6 Å². The Morgan fingerprint density at radius 1 is 1.22 bits per heavy atom. The van der Waals surface area contributed by atoms with E-state index in [4.69, 9.17) is 10.5 Å². The molecule has 7 nitrogen and oxygen atoms in total. The molecule has 0 unspecified atom stereocenters. The first-order valence-electron chi connectivity index (χ1n) is 10.4. The number of hydrogen-bond donors (Lipinski definition) is 2. The topological polar surface area (TPSA) is 83.7 Å². The van der Waals surface area contributed by atoms with Crippen molar-refractivity contribution in [2.24, 2.45) is 5.73 Å². The fraction of sp³-hybridized carbons (Fsp3) is 0.304. The van der Waals surface area contributed by atoms with E-state index in [1.807, 2.05) is 13.0 Å². The Labute approximate surface area is 184 Å². The highest BCUT2D eigenvalue weighted by molar-refractivity contribution is 6.08. The normalized spacial score (nSPS) is 14.6. The predicted molar refractivity (Wildman–Crippen MR) is 121 cm³/mol. The summed E-state index contributed by atoms with van der Waals surface area (Å²) in [6.45, 7) is 5.76. The number of ether oxygens (including phenoxy) is 1. The number of primary amides is 1. The average Bonchev–Trinajstić information content (AvgIpc) is 2.77. The first-order chi connectivity index (χ1) is 15.4. The third kappa shape index (κ3) is 4.16. The van der Waals surface area contributed by atoms with E-state index in [0.717, 1.165) is 37.9 Å². The number of nitrogens with zero attached hydrogens (tertiary/aromatic N) is 3. The molecule has 1 amide bonds. The molecule has 32 heavy (non-hydrogen) atoms. The SMILES string of the molecule is CCOc1cc2ncc(C(N)=O)c(Nc3cccc(F)c3F)c2cc1N1CCN(C)CC1. The molecule has 2 heterocycles. The summed E-state index contributed by atoms with van der Waals surface area (Å²) >= 11 is 0. The van der Waals surface area contributed by atoms with Gasteiger partial charge in [-0.2, -0.15) is 0 Å². The zero-order chi connectivity index (χ0) is 22.8. The number of piperazine rings is 1. The van der Waals surface area contributed by atoms with Crippen LogP contribution in [0, 0.1) is 11.6 Å². The molecule has 0 spiro atoms. The van der Waals surface area contributed by atoms with Crippen LogP contribution in [0.15, 0.2) is 36.5 Å². The molecule has 1 aliphatic heterocycles. The maximum atomic E-state index is 14.4. The van der Waals surface area contributed by atoms with Crippen LogP contribution in [-0.4, -0.2) is 55.6 Å². The second-order valence-corrected chi connectivity index (χ2v) is 7.70. The molecule has 4 rings (SSSR count). The van der Waals surface area contributed by atoms with E-state index < -0.39 is 17.5 Å². The predicted octanol–water partition coefficient (Wildman–Crippen LogP) is 3.51. The maximum absolute atomic E-state index is 14.4. The Morgan fingerprint density at radius 2 is 1.97 bits per heavy atom. The number of amides is 1. The first-order valence-corrected chi connectivity index (χ1v) is 10.4. The van der Waals surface area contributed by atoms with Gasteiger partial charge in [-0.15, -0.1) is 0 Å². The molecule has 1 aromatic heterocycles. The second kappa shape index (κ2) is 8.96. The van der Waals surface area contributed by atoms with Gasteiger partial charge in [0.15, 0.2) is 11.6 Å². The fourth-order valence-corrected chi connectivity index (χ4v) is 3.83. The fourth-order valence-electron chi connectivity index (χ4n) is 3.83. The molecule has 2 aromatic carbocycles. The lowest BCUT2D eigenvalue weighted by Gasteiger charge is -2.35. The maximum Gasteiger partial charge on any atom is 0.252 e. The van der Waals surface area contributed by atoms with Crippen molar-refractivity contribution in [3.05, 3.63) is 53.7 Å². The van der Waals surface area contributed by atoms with Crippen LogP contribution in [0.25, 0.3) is 10.9 Å². The molecule has 3 N–H and O–H groups in total. The van der Waals surface area contributed by atoms with Crippen LogP contribution < -0.4 is 20.7 Å². The number of hydrogen-bond acceptors (Lipinski definition) is 6. The summed E-state index contributed by atoms with van der Waals surface area (Å²) < 4.78 is 34.1. The van der Waals surface area contributed by atoms with Gasteiger partial charge >= 0.3 is 0 Å². The molecule has 0 radical (unpaired) electrons. The number of carbonyl (C=O) groups is 1. The van der Waals surface area contributed by atoms with Crippen LogP contribution in [0.1, 0.15) is 17.3 Å². The summed E-state index contributed by atoms with van der Waals surface area (Å²) in [5.74, 6) is -2.09. The number of likely N-dealkylation sites (N-methyl/N-ethyl adjacent to an activating group) is 1. The molecule has 1 aliphatic rings. The van der Waals surface area contributed by atoms with Crippen LogP contribution in [-0.2, 0) is 0 Å². The van der Waals surface area contributed by atoms with Crippen molar-refractivity contribution in [3.8, 4) is 5.75 Å². The third-order valence-corrected chi connectivity index (χ3v) is 5.57. The number of anilines is 3. The molecule has 0 atom stereocenters. The number of pyridine rings is 1. The molecule has 0 saturated carbocycles. The molecule has 9 heteroatoms. The smallest absolute Gasteiger partial charge is 0.252 e. The van der Waals surface area contributed by atoms with Crippen molar-refractivity contribution in [2.45, 2.75) is 6.92 Å². The van der Waals surface area contributed by atoms with Gasteiger partial charge in [-0.25, -0.2) is 8.78 Å². The quantitative estimate of drug-likeness (QED) is 0.609. The lowest BCUT2D eigenvalue weighted by molar-refractivity contribution is 0.100. The van der Waals surface area contributed by atoms with E-state index in [0.29, 0.717) is 23.3 Å². The van der Waals surface area contributed by atoms with Crippen molar-refractivity contribution in [1.82, 2.24) is 9.88 Å². The Balaban J connectivity index is 1.90. The van der Waals surface area contributed by atoms with Gasteiger partial charge in [0.05, 0.1) is 34.7 Å². The highest BCUT2D eigenvalue weighted by atomic mass is 19.2. The monoisotopic (exact) mass is 441 g/mol. The summed E-state index contributed by atoms with van der Waals surface area (Å²) in [4.78, 5) is 20.9. The summed E-state index contributed by atoms with van der Waals surface area (Å²) in [7, 11) is 2.07. The van der Waals surface area contributed by atoms with Crippen molar-refractivity contribution >= 4 is 33.9 Å². The van der Waals surface area contributed by atoms with Crippen LogP contribution in [0.2, 0.25) is 0 Å². The van der Waals surface area contributed by atoms with Gasteiger partial charge in [0.2, 0.25) is 0 Å².